The number of halogens is 1. The second kappa shape index (κ2) is 10.8. The molecule has 0 saturated carbocycles. The third kappa shape index (κ3) is 5.67. The molecule has 0 aliphatic heterocycles. The van der Waals surface area contributed by atoms with Gasteiger partial charge in [-0.3, -0.25) is 9.48 Å². The van der Waals surface area contributed by atoms with Crippen molar-refractivity contribution in [3.8, 4) is 17.2 Å². The summed E-state index contributed by atoms with van der Waals surface area (Å²) in [4.78, 5) is 17.6. The lowest BCUT2D eigenvalue weighted by Crippen LogP contribution is -2.34. The molecule has 0 aliphatic carbocycles. The quantitative estimate of drug-likeness (QED) is 0.394. The highest BCUT2D eigenvalue weighted by Crippen LogP contribution is 2.21. The van der Waals surface area contributed by atoms with Gasteiger partial charge in [-0.2, -0.15) is 10.4 Å². The Labute approximate surface area is 203 Å². The van der Waals surface area contributed by atoms with Gasteiger partial charge >= 0.3 is 0 Å². The van der Waals surface area contributed by atoms with Crippen molar-refractivity contribution in [2.24, 2.45) is 7.05 Å². The fraction of sp³-hybridized carbons (Fsp3) is 0.154. The Kier molecular flexibility index (Phi) is 7.33. The van der Waals surface area contributed by atoms with Crippen LogP contribution in [0.4, 0.5) is 5.82 Å². The molecule has 0 aliphatic rings. The van der Waals surface area contributed by atoms with E-state index in [4.69, 9.17) is 16.9 Å². The first-order valence-electron chi connectivity index (χ1n) is 10.8. The average Bonchev–Trinajstić information content (AvgIpc) is 3.29. The van der Waals surface area contributed by atoms with Crippen LogP contribution in [0.25, 0.3) is 11.1 Å². The first-order chi connectivity index (χ1) is 16.5. The topological polar surface area (TPSA) is 95.6 Å². The number of amides is 1. The van der Waals surface area contributed by atoms with Crippen LogP contribution < -0.4 is 10.6 Å². The van der Waals surface area contributed by atoms with Gasteiger partial charge in [0.05, 0.1) is 17.8 Å². The minimum absolute atomic E-state index is 0.209. The number of nitrogens with zero attached hydrogens (tertiary/aromatic N) is 4. The third-order valence-electron chi connectivity index (χ3n) is 5.37. The number of nitriles is 1. The van der Waals surface area contributed by atoms with Crippen LogP contribution in [0.1, 0.15) is 22.7 Å². The second-order valence-corrected chi connectivity index (χ2v) is 8.20. The molecule has 0 bridgehead atoms. The molecule has 1 amide bonds. The van der Waals surface area contributed by atoms with Crippen molar-refractivity contribution in [2.75, 3.05) is 11.9 Å². The van der Waals surface area contributed by atoms with Crippen LogP contribution in [-0.4, -0.2) is 27.2 Å². The molecular weight excluding hydrogens is 448 g/mol. The van der Waals surface area contributed by atoms with Crippen molar-refractivity contribution < 1.29 is 4.79 Å². The van der Waals surface area contributed by atoms with Gasteiger partial charge in [-0.1, -0.05) is 48.0 Å². The highest BCUT2D eigenvalue weighted by Gasteiger charge is 2.20. The average molecular weight is 471 g/mol. The number of nitrogens with one attached hydrogen (secondary N) is 2. The van der Waals surface area contributed by atoms with E-state index in [2.05, 4.69) is 26.8 Å². The maximum absolute atomic E-state index is 13.2. The fourth-order valence-corrected chi connectivity index (χ4v) is 3.86. The van der Waals surface area contributed by atoms with Gasteiger partial charge in [-0.15, -0.1) is 0 Å². The lowest BCUT2D eigenvalue weighted by molar-refractivity contribution is -0.118. The molecule has 0 radical (unpaired) electrons. The van der Waals surface area contributed by atoms with E-state index in [0.717, 1.165) is 22.3 Å². The Morgan fingerprint density at radius 2 is 1.94 bits per heavy atom. The van der Waals surface area contributed by atoms with Crippen molar-refractivity contribution in [3.05, 3.63) is 101 Å². The van der Waals surface area contributed by atoms with Crippen LogP contribution in [-0.2, 0) is 18.3 Å². The van der Waals surface area contributed by atoms with Crippen molar-refractivity contribution in [3.63, 3.8) is 0 Å². The van der Waals surface area contributed by atoms with Gasteiger partial charge in [-0.25, -0.2) is 4.98 Å². The largest absolute Gasteiger partial charge is 0.309 e. The van der Waals surface area contributed by atoms with Crippen LogP contribution in [0.5, 0.6) is 0 Å². The van der Waals surface area contributed by atoms with Crippen molar-refractivity contribution in [1.82, 2.24) is 20.1 Å². The number of hydrogen-bond donors (Lipinski definition) is 2. The lowest BCUT2D eigenvalue weighted by Gasteiger charge is -2.19. The monoisotopic (exact) mass is 470 g/mol. The molecule has 2 aromatic heterocycles. The van der Waals surface area contributed by atoms with Crippen molar-refractivity contribution in [1.29, 1.82) is 5.26 Å². The highest BCUT2D eigenvalue weighted by molar-refractivity contribution is 6.31. The van der Waals surface area contributed by atoms with Gasteiger partial charge in [0.2, 0.25) is 5.91 Å². The van der Waals surface area contributed by atoms with E-state index in [1.807, 2.05) is 55.7 Å². The zero-order valence-electron chi connectivity index (χ0n) is 18.6. The molecule has 170 valence electrons. The van der Waals surface area contributed by atoms with Crippen LogP contribution in [0.15, 0.2) is 79.3 Å². The summed E-state index contributed by atoms with van der Waals surface area (Å²) in [6, 6.07) is 19.9. The number of benzene rings is 2. The molecule has 0 fully saturated rings. The third-order valence-corrected chi connectivity index (χ3v) is 5.72. The minimum Gasteiger partial charge on any atom is -0.309 e. The number of pyridine rings is 1. The maximum atomic E-state index is 13.2. The van der Waals surface area contributed by atoms with Crippen LogP contribution in [0.2, 0.25) is 5.02 Å². The molecule has 2 N–H and O–H groups in total. The summed E-state index contributed by atoms with van der Waals surface area (Å²) in [6.45, 7) is 0.520. The Bertz CT molecular complexity index is 1310. The normalized spacial score (nSPS) is 11.6. The number of aromatic nitrogens is 3. The molecular formula is C26H23ClN6O. The van der Waals surface area contributed by atoms with Gasteiger partial charge in [0.25, 0.3) is 0 Å². The number of hydrogen-bond acceptors (Lipinski definition) is 5. The Morgan fingerprint density at radius 3 is 2.59 bits per heavy atom. The summed E-state index contributed by atoms with van der Waals surface area (Å²) in [5.74, 6) is 0.259. The van der Waals surface area contributed by atoms with E-state index in [9.17, 15) is 4.79 Å². The molecule has 34 heavy (non-hydrogen) atoms. The molecule has 2 heterocycles. The highest BCUT2D eigenvalue weighted by atomic mass is 35.5. The second-order valence-electron chi connectivity index (χ2n) is 7.79. The molecule has 0 saturated heterocycles. The predicted octanol–water partition coefficient (Wildman–Crippen LogP) is 4.52. The summed E-state index contributed by atoms with van der Waals surface area (Å²) >= 11 is 6.30. The predicted molar refractivity (Wildman–Crippen MR) is 132 cm³/mol. The molecule has 4 rings (SSSR count). The van der Waals surface area contributed by atoms with E-state index in [1.165, 1.54) is 0 Å². The van der Waals surface area contributed by atoms with Gasteiger partial charge in [-0.05, 0) is 41.8 Å². The van der Waals surface area contributed by atoms with E-state index in [1.54, 1.807) is 35.3 Å². The molecule has 7 nitrogen and oxygen atoms in total. The number of carbonyl (C=O) groups excluding carboxylic acids is 1. The maximum Gasteiger partial charge on any atom is 0.247 e. The Hall–Kier alpha value is -3.99. The molecule has 1 atom stereocenters. The molecule has 0 unspecified atom stereocenters. The fourth-order valence-electron chi connectivity index (χ4n) is 3.59. The first kappa shape index (κ1) is 23.2. The lowest BCUT2D eigenvalue weighted by atomic mass is 10.0. The standard InChI is InChI=1S/C26H23ClN6O/c1-33-17-22(16-31-33)21-9-10-24(30-15-21)32-26(34)25(20-5-3-2-4-6-20)29-12-11-19-8-7-18(14-28)13-23(19)27/h2-10,13,15-17,25,29H,11-12H2,1H3,(H,30,32,34)/t25-/m1/s1. The van der Waals surface area contributed by atoms with E-state index >= 15 is 0 Å². The zero-order chi connectivity index (χ0) is 23.9. The van der Waals surface area contributed by atoms with E-state index in [0.29, 0.717) is 29.4 Å². The summed E-state index contributed by atoms with van der Waals surface area (Å²) in [7, 11) is 1.86. The first-order valence-corrected chi connectivity index (χ1v) is 11.1. The van der Waals surface area contributed by atoms with Crippen molar-refractivity contribution >= 4 is 23.3 Å². The van der Waals surface area contributed by atoms with Crippen LogP contribution in [0, 0.1) is 11.3 Å². The van der Waals surface area contributed by atoms with E-state index in [-0.39, 0.29) is 5.91 Å². The molecule has 2 aromatic carbocycles. The van der Waals surface area contributed by atoms with Gasteiger partial charge < -0.3 is 10.6 Å². The smallest absolute Gasteiger partial charge is 0.247 e. The zero-order valence-corrected chi connectivity index (χ0v) is 19.3. The Balaban J connectivity index is 1.44. The van der Waals surface area contributed by atoms with Crippen molar-refractivity contribution in [2.45, 2.75) is 12.5 Å². The summed E-state index contributed by atoms with van der Waals surface area (Å²) in [5.41, 5.74) is 4.15. The number of rotatable bonds is 8. The number of aryl methyl sites for hydroxylation is 1. The van der Waals surface area contributed by atoms with Crippen LogP contribution >= 0.6 is 11.6 Å². The summed E-state index contributed by atoms with van der Waals surface area (Å²) in [6.07, 6.45) is 6.00. The summed E-state index contributed by atoms with van der Waals surface area (Å²) < 4.78 is 1.73. The SMILES string of the molecule is Cn1cc(-c2ccc(NC(=O)[C@H](NCCc3ccc(C#N)cc3Cl)c3ccccc3)nc2)cn1. The summed E-state index contributed by atoms with van der Waals surface area (Å²) in [5, 5.41) is 20.0. The van der Waals surface area contributed by atoms with Gasteiger partial charge in [0.15, 0.2) is 0 Å². The van der Waals surface area contributed by atoms with Gasteiger partial charge in [0.1, 0.15) is 11.9 Å². The van der Waals surface area contributed by atoms with Crippen LogP contribution in [0.3, 0.4) is 0 Å². The number of anilines is 1. The van der Waals surface area contributed by atoms with E-state index < -0.39 is 6.04 Å². The Morgan fingerprint density at radius 1 is 1.12 bits per heavy atom. The molecule has 4 aromatic rings. The molecule has 8 heteroatoms. The molecule has 0 spiro atoms. The minimum atomic E-state index is -0.571. The van der Waals surface area contributed by atoms with Gasteiger partial charge in [0, 0.05) is 42.1 Å². The number of carbonyl (C=O) groups is 1.